The van der Waals surface area contributed by atoms with Crippen LogP contribution >= 0.6 is 0 Å². The first-order valence-corrected chi connectivity index (χ1v) is 10.7. The zero-order valence-electron chi connectivity index (χ0n) is 18.6. The van der Waals surface area contributed by atoms with Gasteiger partial charge < -0.3 is 24.1 Å². The summed E-state index contributed by atoms with van der Waals surface area (Å²) in [6.45, 7) is 8.40. The van der Waals surface area contributed by atoms with E-state index in [0.29, 0.717) is 49.7 Å². The van der Waals surface area contributed by atoms with Crippen LogP contribution in [0.1, 0.15) is 45.3 Å². The number of nitriles is 1. The van der Waals surface area contributed by atoms with Gasteiger partial charge >= 0.3 is 0 Å². The van der Waals surface area contributed by atoms with Crippen LogP contribution < -0.4 is 5.32 Å². The first kappa shape index (κ1) is 22.7. The minimum Gasteiger partial charge on any atom is -0.468 e. The summed E-state index contributed by atoms with van der Waals surface area (Å²) in [6.07, 6.45) is 5.33. The number of fused-ring (bicyclic) bond motifs is 1. The summed E-state index contributed by atoms with van der Waals surface area (Å²) < 4.78 is 18.5. The molecule has 31 heavy (non-hydrogen) atoms. The highest BCUT2D eigenvalue weighted by molar-refractivity contribution is 5.96. The highest BCUT2D eigenvalue weighted by atomic mass is 16.6. The average molecular weight is 427 g/mol. The van der Waals surface area contributed by atoms with Gasteiger partial charge in [-0.05, 0) is 25.8 Å². The number of allylic oxidation sites excluding steroid dienone is 1. The Morgan fingerprint density at radius 3 is 2.65 bits per heavy atom. The standard InChI is InChI=1S/C20H24N6O3.C2H6/c1-3-17(19(22-2)29-16-11-28-12-16)24-20-23-10-13-8-15(9-21)26(18(13)25-20)14-4-6-27-7-5-14;1-2/h3,8,10,14,16H,4-7,11-12H2,1-2H3,(H,23,24,25);1-2H3/b17-3+,22-19?;. The van der Waals surface area contributed by atoms with Gasteiger partial charge in [-0.1, -0.05) is 19.9 Å². The van der Waals surface area contributed by atoms with Crippen LogP contribution in [0.25, 0.3) is 11.0 Å². The number of ether oxygens (including phenoxy) is 3. The Morgan fingerprint density at radius 1 is 1.32 bits per heavy atom. The fraction of sp³-hybridized carbons (Fsp3) is 0.545. The number of hydrogen-bond donors (Lipinski definition) is 1. The van der Waals surface area contributed by atoms with Crippen LogP contribution in [0.2, 0.25) is 0 Å². The van der Waals surface area contributed by atoms with Crippen LogP contribution in [0.15, 0.2) is 29.0 Å². The third-order valence-corrected chi connectivity index (χ3v) is 5.10. The van der Waals surface area contributed by atoms with Crippen molar-refractivity contribution in [3.8, 4) is 6.07 Å². The summed E-state index contributed by atoms with van der Waals surface area (Å²) in [5.41, 5.74) is 2.02. The van der Waals surface area contributed by atoms with Crippen LogP contribution in [0.3, 0.4) is 0 Å². The summed E-state index contributed by atoms with van der Waals surface area (Å²) >= 11 is 0. The van der Waals surface area contributed by atoms with Gasteiger partial charge in [-0.2, -0.15) is 10.2 Å². The molecule has 0 aromatic carbocycles. The molecule has 0 spiro atoms. The monoisotopic (exact) mass is 426 g/mol. The van der Waals surface area contributed by atoms with Crippen molar-refractivity contribution in [1.29, 1.82) is 5.26 Å². The van der Waals surface area contributed by atoms with E-state index in [1.54, 1.807) is 13.2 Å². The fourth-order valence-electron chi connectivity index (χ4n) is 3.51. The molecule has 2 fully saturated rings. The van der Waals surface area contributed by atoms with Crippen molar-refractivity contribution in [2.45, 2.75) is 45.8 Å². The second-order valence-corrected chi connectivity index (χ2v) is 6.96. The maximum atomic E-state index is 9.60. The van der Waals surface area contributed by atoms with Gasteiger partial charge in [-0.3, -0.25) is 4.99 Å². The first-order valence-electron chi connectivity index (χ1n) is 10.7. The smallest absolute Gasteiger partial charge is 0.232 e. The van der Waals surface area contributed by atoms with E-state index in [1.807, 2.05) is 37.5 Å². The molecule has 0 amide bonds. The molecule has 2 aromatic rings. The lowest BCUT2D eigenvalue weighted by Gasteiger charge is -2.27. The molecule has 2 aliphatic rings. The summed E-state index contributed by atoms with van der Waals surface area (Å²) in [5.74, 6) is 0.915. The molecule has 2 aliphatic heterocycles. The van der Waals surface area contributed by atoms with Crippen molar-refractivity contribution in [2.75, 3.05) is 38.8 Å². The Balaban J connectivity index is 0.00000132. The van der Waals surface area contributed by atoms with Crippen molar-refractivity contribution in [1.82, 2.24) is 14.5 Å². The van der Waals surface area contributed by atoms with Crippen molar-refractivity contribution in [2.24, 2.45) is 4.99 Å². The molecule has 0 saturated carbocycles. The molecule has 0 radical (unpaired) electrons. The molecule has 2 aromatic heterocycles. The Bertz CT molecular complexity index is 981. The van der Waals surface area contributed by atoms with Crippen molar-refractivity contribution < 1.29 is 14.2 Å². The predicted octanol–water partition coefficient (Wildman–Crippen LogP) is 3.44. The van der Waals surface area contributed by atoms with Crippen LogP contribution in [0, 0.1) is 11.3 Å². The minimum atomic E-state index is 0.0118. The second kappa shape index (κ2) is 10.9. The number of rotatable bonds is 5. The van der Waals surface area contributed by atoms with E-state index in [0.717, 1.165) is 23.9 Å². The van der Waals surface area contributed by atoms with E-state index in [2.05, 4.69) is 21.4 Å². The molecule has 4 heterocycles. The number of aliphatic imine (C=N–C) groups is 1. The molecule has 166 valence electrons. The first-order chi connectivity index (χ1) is 15.2. The van der Waals surface area contributed by atoms with E-state index >= 15 is 0 Å². The van der Waals surface area contributed by atoms with Crippen molar-refractivity contribution in [3.05, 3.63) is 29.7 Å². The van der Waals surface area contributed by atoms with E-state index in [-0.39, 0.29) is 12.1 Å². The zero-order valence-corrected chi connectivity index (χ0v) is 18.6. The summed E-state index contributed by atoms with van der Waals surface area (Å²) in [5, 5.41) is 13.6. The maximum Gasteiger partial charge on any atom is 0.232 e. The fourth-order valence-corrected chi connectivity index (χ4v) is 3.51. The van der Waals surface area contributed by atoms with Gasteiger partial charge in [0.05, 0.1) is 18.9 Å². The summed E-state index contributed by atoms with van der Waals surface area (Å²) in [4.78, 5) is 13.4. The molecule has 0 unspecified atom stereocenters. The van der Waals surface area contributed by atoms with Crippen molar-refractivity contribution >= 4 is 22.9 Å². The van der Waals surface area contributed by atoms with Gasteiger partial charge in [0, 0.05) is 37.9 Å². The van der Waals surface area contributed by atoms with E-state index in [9.17, 15) is 5.26 Å². The topological polar surface area (TPSA) is 107 Å². The van der Waals surface area contributed by atoms with Gasteiger partial charge in [0.2, 0.25) is 11.8 Å². The number of aromatic nitrogens is 3. The quantitative estimate of drug-likeness (QED) is 0.576. The molecule has 0 atom stereocenters. The average Bonchev–Trinajstić information content (AvgIpc) is 3.17. The number of anilines is 1. The lowest BCUT2D eigenvalue weighted by atomic mass is 10.1. The normalized spacial score (nSPS) is 18.0. The summed E-state index contributed by atoms with van der Waals surface area (Å²) in [7, 11) is 1.68. The van der Waals surface area contributed by atoms with Gasteiger partial charge in [0.15, 0.2) is 0 Å². The molecule has 9 nitrogen and oxygen atoms in total. The SMILES string of the molecule is C/C=C(/Nc1ncc2cc(C#N)n(C3CCOCC3)c2n1)C(=NC)OC1COC1.CC. The molecular weight excluding hydrogens is 396 g/mol. The van der Waals surface area contributed by atoms with Crippen LogP contribution in [-0.2, 0) is 14.2 Å². The molecule has 0 bridgehead atoms. The highest BCUT2D eigenvalue weighted by Crippen LogP contribution is 2.29. The molecular formula is C22H30N6O3. The molecule has 2 saturated heterocycles. The molecule has 9 heteroatoms. The Labute approximate surface area is 182 Å². The largest absolute Gasteiger partial charge is 0.468 e. The number of nitrogens with zero attached hydrogens (tertiary/aromatic N) is 5. The van der Waals surface area contributed by atoms with E-state index in [1.165, 1.54) is 0 Å². The van der Waals surface area contributed by atoms with Gasteiger partial charge in [0.1, 0.15) is 23.5 Å². The minimum absolute atomic E-state index is 0.0118. The lowest BCUT2D eigenvalue weighted by Crippen LogP contribution is -2.38. The second-order valence-electron chi connectivity index (χ2n) is 6.96. The van der Waals surface area contributed by atoms with E-state index in [4.69, 9.17) is 19.2 Å². The Morgan fingerprint density at radius 2 is 2.06 bits per heavy atom. The van der Waals surface area contributed by atoms with Crippen LogP contribution in [0.4, 0.5) is 5.95 Å². The van der Waals surface area contributed by atoms with E-state index < -0.39 is 0 Å². The number of nitrogens with one attached hydrogen (secondary N) is 1. The van der Waals surface area contributed by atoms with Crippen molar-refractivity contribution in [3.63, 3.8) is 0 Å². The molecule has 0 aliphatic carbocycles. The van der Waals surface area contributed by atoms with Crippen LogP contribution in [-0.4, -0.2) is 60.0 Å². The predicted molar refractivity (Wildman–Crippen MR) is 119 cm³/mol. The van der Waals surface area contributed by atoms with Gasteiger partial charge in [-0.15, -0.1) is 0 Å². The third kappa shape index (κ3) is 5.03. The van der Waals surface area contributed by atoms with Gasteiger partial charge in [-0.25, -0.2) is 4.98 Å². The van der Waals surface area contributed by atoms with Crippen LogP contribution in [0.5, 0.6) is 0 Å². The van der Waals surface area contributed by atoms with Gasteiger partial charge in [0.25, 0.3) is 0 Å². The zero-order chi connectivity index (χ0) is 22.2. The summed E-state index contributed by atoms with van der Waals surface area (Å²) in [6, 6.07) is 4.31. The highest BCUT2D eigenvalue weighted by Gasteiger charge is 2.24. The molecule has 1 N–H and O–H groups in total. The Kier molecular flexibility index (Phi) is 7.98. The lowest BCUT2D eigenvalue weighted by molar-refractivity contribution is -0.0856. The third-order valence-electron chi connectivity index (χ3n) is 5.10. The number of hydrogen-bond acceptors (Lipinski definition) is 8. The molecule has 4 rings (SSSR count). The Hall–Kier alpha value is -2.96. The maximum absolute atomic E-state index is 9.60.